The van der Waals surface area contributed by atoms with Crippen molar-refractivity contribution in [3.8, 4) is 0 Å². The molecule has 3 rings (SSSR count). The summed E-state index contributed by atoms with van der Waals surface area (Å²) in [5.74, 6) is 0. The number of hydrogen-bond acceptors (Lipinski definition) is 7. The third kappa shape index (κ3) is 3.52. The summed E-state index contributed by atoms with van der Waals surface area (Å²) in [5.41, 5.74) is 0.672. The number of fused-ring (bicyclic) bond motifs is 1. The average Bonchev–Trinajstić information content (AvgIpc) is 3.17. The van der Waals surface area contributed by atoms with Gasteiger partial charge >= 0.3 is 0 Å². The third-order valence-electron chi connectivity index (χ3n) is 3.89. The van der Waals surface area contributed by atoms with Crippen LogP contribution in [0.25, 0.3) is 10.8 Å². The van der Waals surface area contributed by atoms with Gasteiger partial charge in [0, 0.05) is 49.7 Å². The molecule has 1 aromatic carbocycles. The van der Waals surface area contributed by atoms with Crippen molar-refractivity contribution in [2.24, 2.45) is 0 Å². The molecule has 1 N–H and O–H groups in total. The second-order valence-corrected chi connectivity index (χ2v) is 8.72. The largest absolute Gasteiger partial charge is 0.383 e. The van der Waals surface area contributed by atoms with Crippen molar-refractivity contribution in [3.05, 3.63) is 58.2 Å². The van der Waals surface area contributed by atoms with Gasteiger partial charge < -0.3 is 5.32 Å². The lowest BCUT2D eigenvalue weighted by Gasteiger charge is -2.17. The minimum atomic E-state index is -3.50. The Balaban J connectivity index is 1.75. The van der Waals surface area contributed by atoms with E-state index in [2.05, 4.69) is 10.3 Å². The Bertz CT molecular complexity index is 1040. The van der Waals surface area contributed by atoms with Crippen LogP contribution in [0.1, 0.15) is 0 Å². The first-order valence-electron chi connectivity index (χ1n) is 7.66. The Morgan fingerprint density at radius 3 is 2.77 bits per heavy atom. The van der Waals surface area contributed by atoms with Gasteiger partial charge in [0.15, 0.2) is 0 Å². The number of benzene rings is 1. The van der Waals surface area contributed by atoms with Crippen LogP contribution in [0.4, 0.5) is 11.4 Å². The Morgan fingerprint density at radius 2 is 2.08 bits per heavy atom. The van der Waals surface area contributed by atoms with Crippen molar-refractivity contribution < 1.29 is 13.3 Å². The van der Waals surface area contributed by atoms with Crippen molar-refractivity contribution >= 4 is 43.5 Å². The topological polar surface area (TPSA) is 105 Å². The number of rotatable bonds is 7. The number of likely N-dealkylation sites (N-methyl/N-ethyl adjacent to an activating group) is 1. The fraction of sp³-hybridized carbons (Fsp3) is 0.188. The molecular formula is C16H16N4O4S2. The Kier molecular flexibility index (Phi) is 5.16. The number of nitrogens with one attached hydrogen (secondary N) is 1. The van der Waals surface area contributed by atoms with Gasteiger partial charge in [0.25, 0.3) is 15.7 Å². The van der Waals surface area contributed by atoms with Crippen LogP contribution in [0.3, 0.4) is 0 Å². The van der Waals surface area contributed by atoms with E-state index >= 15 is 0 Å². The number of nitro benzene ring substituents is 1. The molecule has 2 aromatic heterocycles. The predicted molar refractivity (Wildman–Crippen MR) is 101 cm³/mol. The third-order valence-corrected chi connectivity index (χ3v) is 7.12. The molecule has 0 aliphatic heterocycles. The van der Waals surface area contributed by atoms with Crippen molar-refractivity contribution in [2.75, 3.05) is 25.5 Å². The van der Waals surface area contributed by atoms with Crippen molar-refractivity contribution in [1.29, 1.82) is 0 Å². The van der Waals surface area contributed by atoms with Crippen LogP contribution in [0, 0.1) is 10.1 Å². The van der Waals surface area contributed by atoms with E-state index in [1.54, 1.807) is 35.8 Å². The van der Waals surface area contributed by atoms with Crippen LogP contribution < -0.4 is 5.32 Å². The van der Waals surface area contributed by atoms with E-state index in [0.29, 0.717) is 27.2 Å². The molecular weight excluding hydrogens is 376 g/mol. The quantitative estimate of drug-likeness (QED) is 0.489. The molecule has 136 valence electrons. The Labute approximate surface area is 154 Å². The summed E-state index contributed by atoms with van der Waals surface area (Å²) < 4.78 is 26.4. The molecule has 0 unspecified atom stereocenters. The minimum Gasteiger partial charge on any atom is -0.383 e. The lowest BCUT2D eigenvalue weighted by atomic mass is 10.1. The number of aromatic nitrogens is 1. The van der Waals surface area contributed by atoms with Crippen molar-refractivity contribution in [1.82, 2.24) is 9.29 Å². The molecule has 26 heavy (non-hydrogen) atoms. The predicted octanol–water partition coefficient (Wildman–Crippen LogP) is 2.94. The highest BCUT2D eigenvalue weighted by atomic mass is 32.2. The summed E-state index contributed by atoms with van der Waals surface area (Å²) in [6.45, 7) is 0.611. The molecule has 2 heterocycles. The second-order valence-electron chi connectivity index (χ2n) is 5.50. The number of hydrogen-bond donors (Lipinski definition) is 1. The lowest BCUT2D eigenvalue weighted by molar-refractivity contribution is -0.383. The number of nitrogens with zero attached hydrogens (tertiary/aromatic N) is 3. The zero-order valence-electron chi connectivity index (χ0n) is 13.8. The molecule has 0 saturated carbocycles. The monoisotopic (exact) mass is 392 g/mol. The summed E-state index contributed by atoms with van der Waals surface area (Å²) in [6, 6.07) is 7.99. The van der Waals surface area contributed by atoms with Crippen LogP contribution in [-0.4, -0.2) is 42.8 Å². The number of sulfonamides is 1. The van der Waals surface area contributed by atoms with E-state index in [0.717, 1.165) is 0 Å². The molecule has 0 aliphatic rings. The molecule has 0 atom stereocenters. The van der Waals surface area contributed by atoms with Gasteiger partial charge in [-0.15, -0.1) is 11.3 Å². The van der Waals surface area contributed by atoms with Gasteiger partial charge in [-0.25, -0.2) is 8.42 Å². The molecule has 10 heteroatoms. The maximum atomic E-state index is 12.4. The van der Waals surface area contributed by atoms with Crippen LogP contribution >= 0.6 is 11.3 Å². The maximum absolute atomic E-state index is 12.4. The van der Waals surface area contributed by atoms with Crippen LogP contribution in [-0.2, 0) is 10.0 Å². The zero-order valence-corrected chi connectivity index (χ0v) is 15.5. The SMILES string of the molecule is CN(CCNc1ccc([N+](=O)[O-])c2cnccc12)S(=O)(=O)c1cccs1. The highest BCUT2D eigenvalue weighted by Gasteiger charge is 2.21. The fourth-order valence-electron chi connectivity index (χ4n) is 2.52. The molecule has 0 saturated heterocycles. The van der Waals surface area contributed by atoms with Crippen LogP contribution in [0.2, 0.25) is 0 Å². The molecule has 0 spiro atoms. The molecule has 0 amide bonds. The fourth-order valence-corrected chi connectivity index (χ4v) is 4.89. The minimum absolute atomic E-state index is 0.0176. The van der Waals surface area contributed by atoms with E-state index in [9.17, 15) is 18.5 Å². The van der Waals surface area contributed by atoms with Gasteiger partial charge in [-0.1, -0.05) is 6.07 Å². The summed E-state index contributed by atoms with van der Waals surface area (Å²) >= 11 is 1.17. The van der Waals surface area contributed by atoms with Gasteiger partial charge in [0.2, 0.25) is 0 Å². The number of pyridine rings is 1. The Morgan fingerprint density at radius 1 is 1.27 bits per heavy atom. The summed E-state index contributed by atoms with van der Waals surface area (Å²) in [5, 5.41) is 17.1. The summed E-state index contributed by atoms with van der Waals surface area (Å²) in [4.78, 5) is 14.6. The van der Waals surface area contributed by atoms with Gasteiger partial charge in [-0.3, -0.25) is 15.1 Å². The van der Waals surface area contributed by atoms with E-state index in [1.165, 1.54) is 35.0 Å². The lowest BCUT2D eigenvalue weighted by Crippen LogP contribution is -2.31. The molecule has 0 radical (unpaired) electrons. The van der Waals surface area contributed by atoms with Crippen LogP contribution in [0.5, 0.6) is 0 Å². The summed E-state index contributed by atoms with van der Waals surface area (Å²) in [6.07, 6.45) is 3.01. The molecule has 0 bridgehead atoms. The summed E-state index contributed by atoms with van der Waals surface area (Å²) in [7, 11) is -1.98. The van der Waals surface area contributed by atoms with Crippen LogP contribution in [0.15, 0.2) is 52.3 Å². The highest BCUT2D eigenvalue weighted by molar-refractivity contribution is 7.91. The van der Waals surface area contributed by atoms with E-state index < -0.39 is 14.9 Å². The molecule has 3 aromatic rings. The van der Waals surface area contributed by atoms with E-state index in [-0.39, 0.29) is 12.2 Å². The Hall–Kier alpha value is -2.56. The molecule has 0 aliphatic carbocycles. The highest BCUT2D eigenvalue weighted by Crippen LogP contribution is 2.30. The second kappa shape index (κ2) is 7.36. The zero-order chi connectivity index (χ0) is 18.7. The standard InChI is InChI=1S/C16H16N4O4S2/c1-19(26(23,24)16-3-2-10-25-16)9-8-18-14-4-5-15(20(21)22)13-11-17-7-6-12(13)14/h2-7,10-11,18H,8-9H2,1H3. The van der Waals surface area contributed by atoms with E-state index in [4.69, 9.17) is 0 Å². The molecule has 8 nitrogen and oxygen atoms in total. The smallest absolute Gasteiger partial charge is 0.278 e. The van der Waals surface area contributed by atoms with Crippen molar-refractivity contribution in [3.63, 3.8) is 0 Å². The first-order chi connectivity index (χ1) is 12.4. The maximum Gasteiger partial charge on any atom is 0.278 e. The first kappa shape index (κ1) is 18.2. The van der Waals surface area contributed by atoms with Gasteiger partial charge in [-0.05, 0) is 23.6 Å². The van der Waals surface area contributed by atoms with E-state index in [1.807, 2.05) is 0 Å². The normalized spacial score (nSPS) is 11.8. The van der Waals surface area contributed by atoms with Gasteiger partial charge in [-0.2, -0.15) is 4.31 Å². The average molecular weight is 392 g/mol. The van der Waals surface area contributed by atoms with Gasteiger partial charge in [0.05, 0.1) is 10.3 Å². The molecule has 0 fully saturated rings. The number of nitro groups is 1. The number of non-ortho nitro benzene ring substituents is 1. The number of anilines is 1. The first-order valence-corrected chi connectivity index (χ1v) is 9.98. The van der Waals surface area contributed by atoms with Gasteiger partial charge in [0.1, 0.15) is 4.21 Å². The number of thiophene rings is 1. The van der Waals surface area contributed by atoms with Crippen molar-refractivity contribution in [2.45, 2.75) is 4.21 Å².